The lowest BCUT2D eigenvalue weighted by atomic mass is 9.84. The first-order chi connectivity index (χ1) is 8.74. The number of rotatable bonds is 2. The van der Waals surface area contributed by atoms with Gasteiger partial charge in [-0.15, -0.1) is 0 Å². The molecule has 3 aliphatic rings. The standard InChI is InChI=1S/C14H18N2O2/c17-13-4-2-1-3-11(13)14(18)15-12-9-16-7-5-10(12)6-8-16/h1-4,10,12,17H,5-9H2,(H,15,18). The average Bonchev–Trinajstić information content (AvgIpc) is 2.40. The second-order valence-corrected chi connectivity index (χ2v) is 5.24. The summed E-state index contributed by atoms with van der Waals surface area (Å²) in [4.78, 5) is 14.5. The maximum atomic E-state index is 12.1. The number of nitrogens with zero attached hydrogens (tertiary/aromatic N) is 1. The molecular weight excluding hydrogens is 228 g/mol. The van der Waals surface area contributed by atoms with Crippen LogP contribution < -0.4 is 5.32 Å². The summed E-state index contributed by atoms with van der Waals surface area (Å²) >= 11 is 0. The Morgan fingerprint density at radius 3 is 2.61 bits per heavy atom. The summed E-state index contributed by atoms with van der Waals surface area (Å²) in [6, 6.07) is 6.93. The Hall–Kier alpha value is -1.55. The molecule has 1 aromatic rings. The van der Waals surface area contributed by atoms with E-state index in [9.17, 15) is 9.90 Å². The zero-order chi connectivity index (χ0) is 12.5. The van der Waals surface area contributed by atoms with Crippen LogP contribution in [-0.4, -0.2) is 41.6 Å². The van der Waals surface area contributed by atoms with Gasteiger partial charge in [0.05, 0.1) is 5.56 Å². The van der Waals surface area contributed by atoms with Crippen LogP contribution in [0.1, 0.15) is 23.2 Å². The van der Waals surface area contributed by atoms with Gasteiger partial charge in [-0.1, -0.05) is 12.1 Å². The third-order valence-corrected chi connectivity index (χ3v) is 4.12. The second kappa shape index (κ2) is 4.61. The maximum absolute atomic E-state index is 12.1. The Morgan fingerprint density at radius 2 is 2.00 bits per heavy atom. The molecule has 18 heavy (non-hydrogen) atoms. The van der Waals surface area contributed by atoms with Crippen LogP contribution in [0.15, 0.2) is 24.3 Å². The first-order valence-electron chi connectivity index (χ1n) is 6.55. The fraction of sp³-hybridized carbons (Fsp3) is 0.500. The van der Waals surface area contributed by atoms with Crippen molar-refractivity contribution in [2.24, 2.45) is 5.92 Å². The summed E-state index contributed by atoms with van der Waals surface area (Å²) in [6.07, 6.45) is 2.34. The van der Waals surface area contributed by atoms with Crippen LogP contribution in [0.3, 0.4) is 0 Å². The Bertz CT molecular complexity index is 453. The number of aromatic hydroxyl groups is 1. The molecule has 0 aromatic heterocycles. The first-order valence-corrected chi connectivity index (χ1v) is 6.55. The predicted octanol–water partition coefficient (Wildman–Crippen LogP) is 1.22. The molecule has 4 nitrogen and oxygen atoms in total. The lowest BCUT2D eigenvalue weighted by molar-refractivity contribution is 0.0619. The normalized spacial score (nSPS) is 30.1. The molecular formula is C14H18N2O2. The van der Waals surface area contributed by atoms with Crippen molar-refractivity contribution in [3.05, 3.63) is 29.8 Å². The summed E-state index contributed by atoms with van der Waals surface area (Å²) in [7, 11) is 0. The molecule has 2 N–H and O–H groups in total. The summed E-state index contributed by atoms with van der Waals surface area (Å²) in [5.41, 5.74) is 0.369. The van der Waals surface area contributed by atoms with E-state index in [2.05, 4.69) is 10.2 Å². The molecule has 3 fully saturated rings. The quantitative estimate of drug-likeness (QED) is 0.825. The van der Waals surface area contributed by atoms with E-state index in [4.69, 9.17) is 0 Å². The Labute approximate surface area is 107 Å². The average molecular weight is 246 g/mol. The maximum Gasteiger partial charge on any atom is 0.255 e. The molecule has 96 valence electrons. The number of amides is 1. The topological polar surface area (TPSA) is 52.6 Å². The monoisotopic (exact) mass is 246 g/mol. The number of phenols is 1. The highest BCUT2D eigenvalue weighted by Gasteiger charge is 2.35. The number of phenolic OH excluding ortho intramolecular Hbond substituents is 1. The third kappa shape index (κ3) is 2.08. The van der Waals surface area contributed by atoms with E-state index in [0.717, 1.165) is 19.6 Å². The van der Waals surface area contributed by atoms with Gasteiger partial charge in [-0.2, -0.15) is 0 Å². The molecule has 3 heterocycles. The van der Waals surface area contributed by atoms with Gasteiger partial charge in [0, 0.05) is 12.6 Å². The van der Waals surface area contributed by atoms with Crippen molar-refractivity contribution < 1.29 is 9.90 Å². The number of hydrogen-bond donors (Lipinski definition) is 2. The zero-order valence-electron chi connectivity index (χ0n) is 10.3. The van der Waals surface area contributed by atoms with Crippen LogP contribution in [-0.2, 0) is 0 Å². The van der Waals surface area contributed by atoms with Gasteiger partial charge in [-0.25, -0.2) is 0 Å². The molecule has 3 saturated heterocycles. The smallest absolute Gasteiger partial charge is 0.255 e. The molecule has 0 saturated carbocycles. The summed E-state index contributed by atoms with van der Waals surface area (Å²) in [5.74, 6) is 0.493. The molecule has 4 heteroatoms. The zero-order valence-corrected chi connectivity index (χ0v) is 10.3. The van der Waals surface area contributed by atoms with E-state index < -0.39 is 0 Å². The van der Waals surface area contributed by atoms with Gasteiger partial charge in [0.1, 0.15) is 5.75 Å². The van der Waals surface area contributed by atoms with Gasteiger partial charge in [0.2, 0.25) is 0 Å². The summed E-state index contributed by atoms with van der Waals surface area (Å²) < 4.78 is 0. The van der Waals surface area contributed by atoms with E-state index >= 15 is 0 Å². The van der Waals surface area contributed by atoms with Crippen molar-refractivity contribution in [1.29, 1.82) is 0 Å². The van der Waals surface area contributed by atoms with Gasteiger partial charge < -0.3 is 15.3 Å². The van der Waals surface area contributed by atoms with E-state index in [1.54, 1.807) is 24.3 Å². The van der Waals surface area contributed by atoms with Crippen LogP contribution in [0.25, 0.3) is 0 Å². The molecule has 0 spiro atoms. The number of benzene rings is 1. The molecule has 1 atom stereocenters. The largest absolute Gasteiger partial charge is 0.507 e. The van der Waals surface area contributed by atoms with Crippen molar-refractivity contribution in [2.75, 3.05) is 19.6 Å². The van der Waals surface area contributed by atoms with Gasteiger partial charge in [-0.05, 0) is 44.0 Å². The van der Waals surface area contributed by atoms with E-state index in [1.807, 2.05) is 0 Å². The lowest BCUT2D eigenvalue weighted by Crippen LogP contribution is -2.57. The Balaban J connectivity index is 1.70. The second-order valence-electron chi connectivity index (χ2n) is 5.24. The first kappa shape index (κ1) is 11.5. The number of carbonyl (C=O) groups is 1. The number of carbonyl (C=O) groups excluding carboxylic acids is 1. The minimum atomic E-state index is -0.160. The molecule has 1 aromatic carbocycles. The lowest BCUT2D eigenvalue weighted by Gasteiger charge is -2.44. The molecule has 2 bridgehead atoms. The third-order valence-electron chi connectivity index (χ3n) is 4.12. The molecule has 1 unspecified atom stereocenters. The summed E-state index contributed by atoms with van der Waals surface area (Å²) in [5, 5.41) is 12.7. The molecule has 0 aliphatic carbocycles. The highest BCUT2D eigenvalue weighted by molar-refractivity contribution is 5.96. The van der Waals surface area contributed by atoms with Crippen LogP contribution in [0.4, 0.5) is 0 Å². The molecule has 1 amide bonds. The van der Waals surface area contributed by atoms with Crippen molar-refractivity contribution in [3.8, 4) is 5.75 Å². The van der Waals surface area contributed by atoms with Gasteiger partial charge >= 0.3 is 0 Å². The fourth-order valence-corrected chi connectivity index (χ4v) is 3.04. The minimum Gasteiger partial charge on any atom is -0.507 e. The number of para-hydroxylation sites is 1. The predicted molar refractivity (Wildman–Crippen MR) is 68.5 cm³/mol. The van der Waals surface area contributed by atoms with Crippen LogP contribution in [0.5, 0.6) is 5.75 Å². The number of nitrogens with one attached hydrogen (secondary N) is 1. The minimum absolute atomic E-state index is 0.0521. The number of fused-ring (bicyclic) bond motifs is 3. The SMILES string of the molecule is O=C(NC1CN2CCC1CC2)c1ccccc1O. The van der Waals surface area contributed by atoms with Gasteiger partial charge in [-0.3, -0.25) is 4.79 Å². The van der Waals surface area contributed by atoms with Crippen molar-refractivity contribution in [3.63, 3.8) is 0 Å². The number of hydrogen-bond acceptors (Lipinski definition) is 3. The van der Waals surface area contributed by atoms with Gasteiger partial charge in [0.25, 0.3) is 5.91 Å². The van der Waals surface area contributed by atoms with Crippen molar-refractivity contribution >= 4 is 5.91 Å². The van der Waals surface area contributed by atoms with Gasteiger partial charge in [0.15, 0.2) is 0 Å². The highest BCUT2D eigenvalue weighted by atomic mass is 16.3. The molecule has 4 rings (SSSR count). The molecule has 3 aliphatic heterocycles. The fourth-order valence-electron chi connectivity index (χ4n) is 3.04. The summed E-state index contributed by atoms with van der Waals surface area (Å²) in [6.45, 7) is 3.27. The van der Waals surface area contributed by atoms with Crippen molar-refractivity contribution in [1.82, 2.24) is 10.2 Å². The molecule has 0 radical (unpaired) electrons. The Morgan fingerprint density at radius 1 is 1.28 bits per heavy atom. The van der Waals surface area contributed by atoms with Crippen LogP contribution in [0.2, 0.25) is 0 Å². The number of piperidine rings is 3. The van der Waals surface area contributed by atoms with Crippen molar-refractivity contribution in [2.45, 2.75) is 18.9 Å². The highest BCUT2D eigenvalue weighted by Crippen LogP contribution is 2.28. The van der Waals surface area contributed by atoms with E-state index in [0.29, 0.717) is 11.5 Å². The van der Waals surface area contributed by atoms with E-state index in [-0.39, 0.29) is 17.7 Å². The Kier molecular flexibility index (Phi) is 2.96. The van der Waals surface area contributed by atoms with Crippen LogP contribution >= 0.6 is 0 Å². The van der Waals surface area contributed by atoms with Crippen LogP contribution in [0, 0.1) is 5.92 Å². The van der Waals surface area contributed by atoms with E-state index in [1.165, 1.54) is 12.8 Å².